The number of fused-ring (bicyclic) bond motifs is 1. The summed E-state index contributed by atoms with van der Waals surface area (Å²) in [6.07, 6.45) is 0. The van der Waals surface area contributed by atoms with E-state index in [1.807, 2.05) is 7.05 Å². The Hall–Kier alpha value is -1.28. The first-order chi connectivity index (χ1) is 9.54. The summed E-state index contributed by atoms with van der Waals surface area (Å²) >= 11 is 0. The predicted octanol–water partition coefficient (Wildman–Crippen LogP) is 5.35. The van der Waals surface area contributed by atoms with Crippen LogP contribution >= 0.6 is 0 Å². The second-order valence-corrected chi connectivity index (χ2v) is 8.20. The van der Waals surface area contributed by atoms with Gasteiger partial charge in [-0.3, -0.25) is 0 Å². The quantitative estimate of drug-likeness (QED) is 0.806. The Kier molecular flexibility index (Phi) is 3.96. The van der Waals surface area contributed by atoms with Crippen LogP contribution in [0.2, 0.25) is 0 Å². The molecule has 0 spiro atoms. The predicted molar refractivity (Wildman–Crippen MR) is 90.9 cm³/mol. The summed E-state index contributed by atoms with van der Waals surface area (Å²) in [5.74, 6) is 1.02. The fraction of sp³-hybridized carbons (Fsp3) is 0.579. The topological polar surface area (TPSA) is 25.2 Å². The molecule has 2 heteroatoms. The second kappa shape index (κ2) is 5.17. The summed E-state index contributed by atoms with van der Waals surface area (Å²) in [5.41, 5.74) is 3.86. The first-order valence-corrected chi connectivity index (χ1v) is 7.76. The summed E-state index contributed by atoms with van der Waals surface area (Å²) in [6.45, 7) is 15.6. The largest absolute Gasteiger partial charge is 0.459 e. The third kappa shape index (κ3) is 3.16. The molecule has 0 fully saturated rings. The average Bonchev–Trinajstić information content (AvgIpc) is 2.70. The van der Waals surface area contributed by atoms with E-state index in [1.54, 1.807) is 0 Å². The molecule has 0 radical (unpaired) electrons. The Bertz CT molecular complexity index is 638. The van der Waals surface area contributed by atoms with Crippen molar-refractivity contribution >= 4 is 11.0 Å². The minimum atomic E-state index is 0.114. The van der Waals surface area contributed by atoms with Crippen LogP contribution in [0.15, 0.2) is 22.6 Å². The lowest BCUT2D eigenvalue weighted by molar-refractivity contribution is 0.253. The summed E-state index contributed by atoms with van der Waals surface area (Å²) in [7, 11) is 2.00. The lowest BCUT2D eigenvalue weighted by atomic mass is 9.84. The van der Waals surface area contributed by atoms with E-state index in [2.05, 4.69) is 72.0 Å². The van der Waals surface area contributed by atoms with Crippen LogP contribution in [0.4, 0.5) is 0 Å². The molecule has 0 bridgehead atoms. The molecule has 2 rings (SSSR count). The van der Waals surface area contributed by atoms with Crippen LogP contribution < -0.4 is 5.32 Å². The Balaban J connectivity index is 2.59. The molecular weight excluding hydrogens is 258 g/mol. The van der Waals surface area contributed by atoms with E-state index in [0.29, 0.717) is 0 Å². The number of aryl methyl sites for hydroxylation is 1. The van der Waals surface area contributed by atoms with Gasteiger partial charge < -0.3 is 9.73 Å². The molecular formula is C19H29NO. The SMILES string of the molecule is CNC(c1cc2cc(C(C)(C)C)cc(C)c2o1)C(C)(C)C. The zero-order chi connectivity index (χ0) is 16.0. The van der Waals surface area contributed by atoms with E-state index in [1.165, 1.54) is 16.5 Å². The maximum absolute atomic E-state index is 6.18. The molecule has 0 aliphatic carbocycles. The molecule has 1 aromatic carbocycles. The third-order valence-electron chi connectivity index (χ3n) is 4.13. The Morgan fingerprint density at radius 3 is 2.10 bits per heavy atom. The minimum absolute atomic E-state index is 0.114. The lowest BCUT2D eigenvalue weighted by Gasteiger charge is -2.28. The number of benzene rings is 1. The lowest BCUT2D eigenvalue weighted by Crippen LogP contribution is -2.29. The zero-order valence-electron chi connectivity index (χ0n) is 14.7. The summed E-state index contributed by atoms with van der Waals surface area (Å²) in [4.78, 5) is 0. The van der Waals surface area contributed by atoms with Gasteiger partial charge in [-0.1, -0.05) is 47.6 Å². The fourth-order valence-corrected chi connectivity index (χ4v) is 2.93. The van der Waals surface area contributed by atoms with Gasteiger partial charge in [0.2, 0.25) is 0 Å². The third-order valence-corrected chi connectivity index (χ3v) is 4.13. The molecule has 0 saturated heterocycles. The van der Waals surface area contributed by atoms with Crippen molar-refractivity contribution in [3.05, 3.63) is 35.1 Å². The van der Waals surface area contributed by atoms with Crippen LogP contribution in [0.3, 0.4) is 0 Å². The number of hydrogen-bond acceptors (Lipinski definition) is 2. The van der Waals surface area contributed by atoms with E-state index in [9.17, 15) is 0 Å². The van der Waals surface area contributed by atoms with Gasteiger partial charge in [0.25, 0.3) is 0 Å². The Labute approximate surface area is 128 Å². The maximum atomic E-state index is 6.18. The van der Waals surface area contributed by atoms with Crippen LogP contribution in [-0.2, 0) is 5.41 Å². The van der Waals surface area contributed by atoms with Crippen molar-refractivity contribution in [2.45, 2.75) is 59.9 Å². The van der Waals surface area contributed by atoms with Crippen molar-refractivity contribution < 1.29 is 4.42 Å². The summed E-state index contributed by atoms with van der Waals surface area (Å²) < 4.78 is 6.18. The van der Waals surface area contributed by atoms with Crippen molar-refractivity contribution in [1.82, 2.24) is 5.32 Å². The molecule has 0 aliphatic rings. The molecule has 0 aliphatic heterocycles. The molecule has 0 saturated carbocycles. The van der Waals surface area contributed by atoms with Crippen molar-refractivity contribution in [2.24, 2.45) is 5.41 Å². The highest BCUT2D eigenvalue weighted by Crippen LogP contribution is 2.37. The van der Waals surface area contributed by atoms with Gasteiger partial charge in [-0.25, -0.2) is 0 Å². The highest BCUT2D eigenvalue weighted by molar-refractivity contribution is 5.82. The van der Waals surface area contributed by atoms with Gasteiger partial charge in [0.05, 0.1) is 6.04 Å². The standard InChI is InChI=1S/C19H29NO/c1-12-9-14(18(2,3)4)10-13-11-15(21-16(12)13)17(20-8)19(5,6)7/h9-11,17,20H,1-8H3. The molecule has 2 nitrogen and oxygen atoms in total. The molecule has 21 heavy (non-hydrogen) atoms. The van der Waals surface area contributed by atoms with Crippen molar-refractivity contribution in [2.75, 3.05) is 7.05 Å². The smallest absolute Gasteiger partial charge is 0.137 e. The molecule has 1 N–H and O–H groups in total. The van der Waals surface area contributed by atoms with Gasteiger partial charge in [0.15, 0.2) is 0 Å². The first-order valence-electron chi connectivity index (χ1n) is 7.76. The van der Waals surface area contributed by atoms with E-state index >= 15 is 0 Å². The van der Waals surface area contributed by atoms with E-state index in [4.69, 9.17) is 4.42 Å². The highest BCUT2D eigenvalue weighted by Gasteiger charge is 2.28. The number of rotatable bonds is 2. The van der Waals surface area contributed by atoms with Crippen molar-refractivity contribution in [3.8, 4) is 0 Å². The van der Waals surface area contributed by atoms with Gasteiger partial charge in [-0.05, 0) is 48.1 Å². The molecule has 1 atom stereocenters. The van der Waals surface area contributed by atoms with E-state index in [0.717, 1.165) is 11.3 Å². The normalized spacial score (nSPS) is 14.7. The Morgan fingerprint density at radius 1 is 1.00 bits per heavy atom. The van der Waals surface area contributed by atoms with Gasteiger partial charge in [-0.15, -0.1) is 0 Å². The molecule has 1 unspecified atom stereocenters. The molecule has 1 heterocycles. The number of furan rings is 1. The molecule has 1 aromatic heterocycles. The van der Waals surface area contributed by atoms with Gasteiger partial charge in [0, 0.05) is 5.39 Å². The van der Waals surface area contributed by atoms with Crippen LogP contribution in [0, 0.1) is 12.3 Å². The molecule has 116 valence electrons. The fourth-order valence-electron chi connectivity index (χ4n) is 2.93. The number of hydrogen-bond donors (Lipinski definition) is 1. The van der Waals surface area contributed by atoms with Crippen molar-refractivity contribution in [1.29, 1.82) is 0 Å². The van der Waals surface area contributed by atoms with Crippen LogP contribution in [0.1, 0.15) is 64.5 Å². The van der Waals surface area contributed by atoms with E-state index < -0.39 is 0 Å². The van der Waals surface area contributed by atoms with Gasteiger partial charge >= 0.3 is 0 Å². The van der Waals surface area contributed by atoms with Gasteiger partial charge in [-0.2, -0.15) is 0 Å². The van der Waals surface area contributed by atoms with Gasteiger partial charge in [0.1, 0.15) is 11.3 Å². The van der Waals surface area contributed by atoms with Crippen LogP contribution in [0.25, 0.3) is 11.0 Å². The highest BCUT2D eigenvalue weighted by atomic mass is 16.3. The maximum Gasteiger partial charge on any atom is 0.137 e. The minimum Gasteiger partial charge on any atom is -0.459 e. The number of nitrogens with one attached hydrogen (secondary N) is 1. The molecule has 2 aromatic rings. The summed E-state index contributed by atoms with van der Waals surface area (Å²) in [5, 5.41) is 4.60. The zero-order valence-corrected chi connectivity index (χ0v) is 14.7. The molecule has 0 amide bonds. The first kappa shape index (κ1) is 16.1. The van der Waals surface area contributed by atoms with Crippen molar-refractivity contribution in [3.63, 3.8) is 0 Å². The Morgan fingerprint density at radius 2 is 1.62 bits per heavy atom. The summed E-state index contributed by atoms with van der Waals surface area (Å²) in [6, 6.07) is 6.93. The van der Waals surface area contributed by atoms with Crippen LogP contribution in [-0.4, -0.2) is 7.05 Å². The second-order valence-electron chi connectivity index (χ2n) is 8.20. The monoisotopic (exact) mass is 287 g/mol. The van der Waals surface area contributed by atoms with Crippen LogP contribution in [0.5, 0.6) is 0 Å². The average molecular weight is 287 g/mol. The van der Waals surface area contributed by atoms with E-state index in [-0.39, 0.29) is 16.9 Å².